The highest BCUT2D eigenvalue weighted by atomic mass is 16.1. The Hall–Kier alpha value is -0.370. The first kappa shape index (κ1) is 8.24. The van der Waals surface area contributed by atoms with E-state index in [0.717, 1.165) is 31.1 Å². The molecule has 0 unspecified atom stereocenters. The van der Waals surface area contributed by atoms with Crippen molar-refractivity contribution in [3.8, 4) is 0 Å². The molecule has 0 amide bonds. The molecule has 2 heteroatoms. The molecule has 2 aliphatic rings. The summed E-state index contributed by atoms with van der Waals surface area (Å²) in [6.07, 6.45) is 4.11. The van der Waals surface area contributed by atoms with Crippen LogP contribution in [0.3, 0.4) is 0 Å². The van der Waals surface area contributed by atoms with Crippen molar-refractivity contribution in [2.24, 2.45) is 11.8 Å². The molecular weight excluding hydrogens is 150 g/mol. The molecule has 0 spiro atoms. The summed E-state index contributed by atoms with van der Waals surface area (Å²) in [5.41, 5.74) is 0. The van der Waals surface area contributed by atoms with Gasteiger partial charge in [0.05, 0.1) is 0 Å². The van der Waals surface area contributed by atoms with Gasteiger partial charge in [-0.25, -0.2) is 0 Å². The van der Waals surface area contributed by atoms with Crippen molar-refractivity contribution in [3.05, 3.63) is 0 Å². The van der Waals surface area contributed by atoms with E-state index < -0.39 is 0 Å². The Balaban J connectivity index is 1.98. The van der Waals surface area contributed by atoms with Gasteiger partial charge in [0.2, 0.25) is 0 Å². The molecule has 1 aliphatic carbocycles. The minimum absolute atomic E-state index is 0.501. The highest BCUT2D eigenvalue weighted by Crippen LogP contribution is 2.33. The van der Waals surface area contributed by atoms with Gasteiger partial charge in [0.25, 0.3) is 0 Å². The number of hydrogen-bond donors (Lipinski definition) is 0. The maximum Gasteiger partial charge on any atom is 0.133 e. The zero-order chi connectivity index (χ0) is 8.55. The van der Waals surface area contributed by atoms with Crippen LogP contribution >= 0.6 is 0 Å². The predicted octanol–water partition coefficient (Wildman–Crippen LogP) is 1.31. The molecule has 1 heterocycles. The summed E-state index contributed by atoms with van der Waals surface area (Å²) in [4.78, 5) is 13.6. The lowest BCUT2D eigenvalue weighted by Crippen LogP contribution is -2.41. The Morgan fingerprint density at radius 2 is 2.17 bits per heavy atom. The molecule has 68 valence electrons. The smallest absolute Gasteiger partial charge is 0.133 e. The summed E-state index contributed by atoms with van der Waals surface area (Å²) in [6, 6.07) is 0. The van der Waals surface area contributed by atoms with Crippen molar-refractivity contribution in [3.63, 3.8) is 0 Å². The van der Waals surface area contributed by atoms with Crippen LogP contribution in [0.15, 0.2) is 0 Å². The van der Waals surface area contributed by atoms with Gasteiger partial charge in [-0.15, -0.1) is 0 Å². The molecule has 12 heavy (non-hydrogen) atoms. The molecule has 2 fully saturated rings. The number of carbonyl (C=O) groups excluding carboxylic acids is 1. The van der Waals surface area contributed by atoms with Gasteiger partial charge in [-0.2, -0.15) is 0 Å². The summed E-state index contributed by atoms with van der Waals surface area (Å²) in [7, 11) is 2.19. The van der Waals surface area contributed by atoms with Crippen LogP contribution in [0, 0.1) is 11.8 Å². The van der Waals surface area contributed by atoms with Crippen molar-refractivity contribution < 1.29 is 4.79 Å². The number of rotatable bonds is 0. The average Bonchev–Trinajstić information content (AvgIpc) is 2.05. The molecule has 0 N–H and O–H groups in total. The van der Waals surface area contributed by atoms with E-state index in [-0.39, 0.29) is 0 Å². The van der Waals surface area contributed by atoms with Gasteiger partial charge in [0.15, 0.2) is 0 Å². The molecule has 2 atom stereocenters. The van der Waals surface area contributed by atoms with Crippen molar-refractivity contribution in [2.45, 2.75) is 25.7 Å². The van der Waals surface area contributed by atoms with Crippen molar-refractivity contribution in [1.29, 1.82) is 0 Å². The molecule has 1 aliphatic heterocycles. The van der Waals surface area contributed by atoms with Gasteiger partial charge >= 0.3 is 0 Å². The molecular formula is C10H17NO. The monoisotopic (exact) mass is 167 g/mol. The van der Waals surface area contributed by atoms with Crippen LogP contribution in [0.25, 0.3) is 0 Å². The highest BCUT2D eigenvalue weighted by molar-refractivity contribution is 5.79. The number of Topliss-reactive ketones (excluding diaryl/α,β-unsaturated/α-hetero) is 1. The van der Waals surface area contributed by atoms with Crippen molar-refractivity contribution in [2.75, 3.05) is 20.1 Å². The van der Waals surface area contributed by atoms with Gasteiger partial charge in [0.1, 0.15) is 5.78 Å². The zero-order valence-electron chi connectivity index (χ0n) is 7.75. The molecule has 0 radical (unpaired) electrons. The molecule has 0 bridgehead atoms. The average molecular weight is 167 g/mol. The summed E-state index contributed by atoms with van der Waals surface area (Å²) in [6.45, 7) is 2.41. The normalized spacial score (nSPS) is 37.9. The standard InChI is InChI=1S/C10H17NO/c1-11-5-4-8-6-10(12)3-2-9(8)7-11/h8-9H,2-7H2,1H3/t8-,9+/m0/s1. The second-order valence-electron chi connectivity index (χ2n) is 4.35. The first-order valence-corrected chi connectivity index (χ1v) is 4.96. The summed E-state index contributed by atoms with van der Waals surface area (Å²) in [5, 5.41) is 0. The van der Waals surface area contributed by atoms with E-state index in [2.05, 4.69) is 11.9 Å². The quantitative estimate of drug-likeness (QED) is 0.542. The van der Waals surface area contributed by atoms with Crippen LogP contribution in [-0.2, 0) is 4.79 Å². The third kappa shape index (κ3) is 1.53. The van der Waals surface area contributed by atoms with E-state index in [1.807, 2.05) is 0 Å². The molecule has 2 nitrogen and oxygen atoms in total. The fraction of sp³-hybridized carbons (Fsp3) is 0.900. The van der Waals surface area contributed by atoms with E-state index in [1.165, 1.54) is 19.5 Å². The lowest BCUT2D eigenvalue weighted by molar-refractivity contribution is -0.123. The third-order valence-corrected chi connectivity index (χ3v) is 3.38. The van der Waals surface area contributed by atoms with Crippen LogP contribution in [0.2, 0.25) is 0 Å². The Kier molecular flexibility index (Phi) is 2.18. The molecule has 1 saturated carbocycles. The summed E-state index contributed by atoms with van der Waals surface area (Å²) in [5.74, 6) is 2.05. The number of hydrogen-bond acceptors (Lipinski definition) is 2. The van der Waals surface area contributed by atoms with Crippen LogP contribution in [0.4, 0.5) is 0 Å². The van der Waals surface area contributed by atoms with Crippen LogP contribution in [-0.4, -0.2) is 30.8 Å². The maximum atomic E-state index is 11.2. The lowest BCUT2D eigenvalue weighted by atomic mass is 9.75. The molecule has 0 aromatic heterocycles. The SMILES string of the molecule is CN1CC[C@H]2CC(=O)CC[C@@H]2C1. The van der Waals surface area contributed by atoms with E-state index in [4.69, 9.17) is 0 Å². The second kappa shape index (κ2) is 3.17. The first-order valence-electron chi connectivity index (χ1n) is 4.96. The zero-order valence-corrected chi connectivity index (χ0v) is 7.75. The van der Waals surface area contributed by atoms with Gasteiger partial charge < -0.3 is 4.90 Å². The summed E-state index contributed by atoms with van der Waals surface area (Å²) >= 11 is 0. The largest absolute Gasteiger partial charge is 0.306 e. The second-order valence-corrected chi connectivity index (χ2v) is 4.35. The van der Waals surface area contributed by atoms with E-state index in [9.17, 15) is 4.79 Å². The Bertz CT molecular complexity index is 190. The van der Waals surface area contributed by atoms with Gasteiger partial charge in [-0.1, -0.05) is 0 Å². The molecule has 1 saturated heterocycles. The lowest BCUT2D eigenvalue weighted by Gasteiger charge is -2.39. The predicted molar refractivity (Wildman–Crippen MR) is 48.0 cm³/mol. The molecule has 0 aromatic carbocycles. The van der Waals surface area contributed by atoms with E-state index >= 15 is 0 Å². The third-order valence-electron chi connectivity index (χ3n) is 3.38. The fourth-order valence-corrected chi connectivity index (χ4v) is 2.60. The highest BCUT2D eigenvalue weighted by Gasteiger charge is 2.32. The Morgan fingerprint density at radius 3 is 3.00 bits per heavy atom. The van der Waals surface area contributed by atoms with Crippen molar-refractivity contribution in [1.82, 2.24) is 4.90 Å². The Labute approximate surface area is 73.9 Å². The molecule has 0 aromatic rings. The number of ketones is 1. The van der Waals surface area contributed by atoms with Gasteiger partial charge in [-0.05, 0) is 38.3 Å². The minimum Gasteiger partial charge on any atom is -0.306 e. The summed E-state index contributed by atoms with van der Waals surface area (Å²) < 4.78 is 0. The van der Waals surface area contributed by atoms with Crippen LogP contribution in [0.5, 0.6) is 0 Å². The molecule has 2 rings (SSSR count). The number of carbonyl (C=O) groups is 1. The van der Waals surface area contributed by atoms with E-state index in [0.29, 0.717) is 5.78 Å². The van der Waals surface area contributed by atoms with Crippen molar-refractivity contribution >= 4 is 5.78 Å². The topological polar surface area (TPSA) is 20.3 Å². The minimum atomic E-state index is 0.501. The number of nitrogens with zero attached hydrogens (tertiary/aromatic N) is 1. The van der Waals surface area contributed by atoms with Gasteiger partial charge in [-0.3, -0.25) is 4.79 Å². The number of fused-ring (bicyclic) bond motifs is 1. The number of likely N-dealkylation sites (tertiary alicyclic amines) is 1. The van der Waals surface area contributed by atoms with Gasteiger partial charge in [0, 0.05) is 19.4 Å². The maximum absolute atomic E-state index is 11.2. The fourth-order valence-electron chi connectivity index (χ4n) is 2.60. The van der Waals surface area contributed by atoms with E-state index in [1.54, 1.807) is 0 Å². The Morgan fingerprint density at radius 1 is 1.33 bits per heavy atom. The van der Waals surface area contributed by atoms with Crippen LogP contribution < -0.4 is 0 Å². The number of piperidine rings is 1. The first-order chi connectivity index (χ1) is 5.75. The van der Waals surface area contributed by atoms with Crippen LogP contribution in [0.1, 0.15) is 25.7 Å².